The first-order valence-electron chi connectivity index (χ1n) is 5.57. The first-order valence-corrected chi connectivity index (χ1v) is 6.45. The van der Waals surface area contributed by atoms with Gasteiger partial charge in [0.2, 0.25) is 0 Å². The van der Waals surface area contributed by atoms with E-state index in [1.807, 2.05) is 11.3 Å². The van der Waals surface area contributed by atoms with Crippen LogP contribution in [-0.2, 0) is 0 Å². The second kappa shape index (κ2) is 3.53. The molecule has 0 spiro atoms. The zero-order valence-corrected chi connectivity index (χ0v) is 9.68. The minimum Gasteiger partial charge on any atom is -0.381 e. The molecule has 2 heteroatoms. The van der Waals surface area contributed by atoms with E-state index in [-0.39, 0.29) is 0 Å². The summed E-state index contributed by atoms with van der Waals surface area (Å²) in [5, 5.41) is 7.28. The summed E-state index contributed by atoms with van der Waals surface area (Å²) in [6, 6.07) is 9.31. The van der Waals surface area contributed by atoms with Crippen LogP contribution in [0, 0.1) is 5.92 Å². The van der Waals surface area contributed by atoms with E-state index in [1.54, 1.807) is 0 Å². The number of hydrogen-bond donors (Lipinski definition) is 1. The molecular weight excluding hydrogens is 202 g/mol. The number of rotatable bonds is 2. The van der Waals surface area contributed by atoms with Gasteiger partial charge in [0.1, 0.15) is 0 Å². The van der Waals surface area contributed by atoms with Gasteiger partial charge in [-0.25, -0.2) is 0 Å². The predicted octanol–water partition coefficient (Wildman–Crippen LogP) is 4.11. The average Bonchev–Trinajstić information content (AvgIpc) is 2.67. The number of anilines is 1. The highest BCUT2D eigenvalue weighted by molar-refractivity contribution is 7.17. The second-order valence-corrected chi connectivity index (χ2v) is 5.36. The van der Waals surface area contributed by atoms with Crippen molar-refractivity contribution in [2.24, 2.45) is 5.92 Å². The largest absolute Gasteiger partial charge is 0.381 e. The Kier molecular flexibility index (Phi) is 2.17. The van der Waals surface area contributed by atoms with E-state index in [4.69, 9.17) is 0 Å². The topological polar surface area (TPSA) is 12.0 Å². The van der Waals surface area contributed by atoms with Gasteiger partial charge < -0.3 is 5.32 Å². The van der Waals surface area contributed by atoms with Crippen LogP contribution in [0.1, 0.15) is 19.8 Å². The zero-order valence-electron chi connectivity index (χ0n) is 8.86. The molecule has 0 radical (unpaired) electrons. The highest BCUT2D eigenvalue weighted by Crippen LogP contribution is 2.35. The summed E-state index contributed by atoms with van der Waals surface area (Å²) in [6.45, 7) is 2.33. The van der Waals surface area contributed by atoms with E-state index in [1.165, 1.54) is 28.6 Å². The summed E-state index contributed by atoms with van der Waals surface area (Å²) in [6.07, 6.45) is 2.70. The Balaban J connectivity index is 1.91. The van der Waals surface area contributed by atoms with Crippen molar-refractivity contribution in [2.45, 2.75) is 25.8 Å². The third kappa shape index (κ3) is 1.53. The molecular formula is C13H15NS. The molecule has 1 aromatic carbocycles. The fourth-order valence-corrected chi connectivity index (χ4v) is 3.07. The maximum Gasteiger partial charge on any atom is 0.0531 e. The smallest absolute Gasteiger partial charge is 0.0531 e. The molecule has 1 unspecified atom stereocenters. The minimum absolute atomic E-state index is 0.697. The van der Waals surface area contributed by atoms with Gasteiger partial charge in [-0.1, -0.05) is 25.1 Å². The monoisotopic (exact) mass is 217 g/mol. The Labute approximate surface area is 94.1 Å². The van der Waals surface area contributed by atoms with Crippen LogP contribution in [0.15, 0.2) is 29.6 Å². The summed E-state index contributed by atoms with van der Waals surface area (Å²) in [4.78, 5) is 0. The summed E-state index contributed by atoms with van der Waals surface area (Å²) in [7, 11) is 0. The lowest BCUT2D eigenvalue weighted by Crippen LogP contribution is -2.36. The third-order valence-corrected chi connectivity index (χ3v) is 4.41. The maximum atomic E-state index is 3.66. The molecule has 1 N–H and O–H groups in total. The van der Waals surface area contributed by atoms with Crippen molar-refractivity contribution in [1.29, 1.82) is 0 Å². The standard InChI is InChI=1S/C13H15NS/c1-9-6-7-11(9)14-12-8-15-13-5-3-2-4-10(12)13/h2-5,8-9,11,14H,6-7H2,1H3/t9-,11?/m1/s1. The third-order valence-electron chi connectivity index (χ3n) is 3.44. The Bertz CT molecular complexity index is 474. The van der Waals surface area contributed by atoms with E-state index in [2.05, 4.69) is 41.9 Å². The Hall–Kier alpha value is -1.02. The molecule has 3 rings (SSSR count). The minimum atomic E-state index is 0.697. The van der Waals surface area contributed by atoms with Crippen LogP contribution in [0.5, 0.6) is 0 Å². The van der Waals surface area contributed by atoms with Crippen molar-refractivity contribution in [1.82, 2.24) is 0 Å². The van der Waals surface area contributed by atoms with Crippen LogP contribution in [0.3, 0.4) is 0 Å². The van der Waals surface area contributed by atoms with Gasteiger partial charge in [-0.2, -0.15) is 0 Å². The van der Waals surface area contributed by atoms with Gasteiger partial charge in [-0.05, 0) is 24.8 Å². The molecule has 78 valence electrons. The number of thiophene rings is 1. The van der Waals surface area contributed by atoms with E-state index < -0.39 is 0 Å². The molecule has 1 aromatic heterocycles. The maximum absolute atomic E-state index is 3.66. The predicted molar refractivity (Wildman–Crippen MR) is 67.6 cm³/mol. The van der Waals surface area contributed by atoms with Crippen molar-refractivity contribution < 1.29 is 0 Å². The lowest BCUT2D eigenvalue weighted by Gasteiger charge is -2.35. The molecule has 1 nitrogen and oxygen atoms in total. The Morgan fingerprint density at radius 1 is 1.27 bits per heavy atom. The SMILES string of the molecule is C[C@@H]1CCC1Nc1csc2ccccc12. The van der Waals surface area contributed by atoms with Gasteiger partial charge >= 0.3 is 0 Å². The van der Waals surface area contributed by atoms with E-state index in [0.29, 0.717) is 6.04 Å². The van der Waals surface area contributed by atoms with Crippen LogP contribution in [0.25, 0.3) is 10.1 Å². The van der Waals surface area contributed by atoms with Crippen LogP contribution in [-0.4, -0.2) is 6.04 Å². The fraction of sp³-hybridized carbons (Fsp3) is 0.385. The lowest BCUT2D eigenvalue weighted by atomic mass is 9.81. The molecule has 2 aromatic rings. The summed E-state index contributed by atoms with van der Waals surface area (Å²) in [5.74, 6) is 0.837. The van der Waals surface area contributed by atoms with Crippen LogP contribution in [0.4, 0.5) is 5.69 Å². The summed E-state index contributed by atoms with van der Waals surface area (Å²) in [5.41, 5.74) is 1.33. The molecule has 2 atom stereocenters. The van der Waals surface area contributed by atoms with Crippen LogP contribution >= 0.6 is 11.3 Å². The van der Waals surface area contributed by atoms with Gasteiger partial charge in [0.15, 0.2) is 0 Å². The molecule has 1 heterocycles. The van der Waals surface area contributed by atoms with Crippen molar-refractivity contribution in [3.05, 3.63) is 29.6 Å². The molecule has 0 saturated heterocycles. The summed E-state index contributed by atoms with van der Waals surface area (Å²) < 4.78 is 1.38. The Morgan fingerprint density at radius 3 is 2.87 bits per heavy atom. The van der Waals surface area contributed by atoms with E-state index in [9.17, 15) is 0 Å². The van der Waals surface area contributed by atoms with Gasteiger partial charge in [-0.15, -0.1) is 11.3 Å². The van der Waals surface area contributed by atoms with Crippen LogP contribution in [0.2, 0.25) is 0 Å². The highest BCUT2D eigenvalue weighted by atomic mass is 32.1. The quantitative estimate of drug-likeness (QED) is 0.798. The van der Waals surface area contributed by atoms with Gasteiger partial charge in [0.05, 0.1) is 5.69 Å². The number of hydrogen-bond acceptors (Lipinski definition) is 2. The molecule has 1 fully saturated rings. The number of fused-ring (bicyclic) bond motifs is 1. The van der Waals surface area contributed by atoms with Crippen molar-refractivity contribution in [3.63, 3.8) is 0 Å². The molecule has 1 aliphatic carbocycles. The van der Waals surface area contributed by atoms with Crippen molar-refractivity contribution in [2.75, 3.05) is 5.32 Å². The fourth-order valence-electron chi connectivity index (χ4n) is 2.17. The average molecular weight is 217 g/mol. The molecule has 15 heavy (non-hydrogen) atoms. The van der Waals surface area contributed by atoms with E-state index >= 15 is 0 Å². The molecule has 0 aliphatic heterocycles. The lowest BCUT2D eigenvalue weighted by molar-refractivity contribution is 0.304. The van der Waals surface area contributed by atoms with Crippen molar-refractivity contribution in [3.8, 4) is 0 Å². The number of nitrogens with one attached hydrogen (secondary N) is 1. The van der Waals surface area contributed by atoms with Crippen LogP contribution < -0.4 is 5.32 Å². The first-order chi connectivity index (χ1) is 7.34. The summed E-state index contributed by atoms with van der Waals surface area (Å²) >= 11 is 1.83. The first kappa shape index (κ1) is 9.22. The molecule has 1 saturated carbocycles. The normalized spacial score (nSPS) is 25.1. The van der Waals surface area contributed by atoms with Crippen molar-refractivity contribution >= 4 is 27.1 Å². The molecule has 0 bridgehead atoms. The van der Waals surface area contributed by atoms with Gasteiger partial charge in [0.25, 0.3) is 0 Å². The Morgan fingerprint density at radius 2 is 2.13 bits per heavy atom. The van der Waals surface area contributed by atoms with Gasteiger partial charge in [0, 0.05) is 21.5 Å². The highest BCUT2D eigenvalue weighted by Gasteiger charge is 2.26. The molecule has 1 aliphatic rings. The van der Waals surface area contributed by atoms with E-state index in [0.717, 1.165) is 5.92 Å². The molecule has 0 amide bonds. The number of benzene rings is 1. The van der Waals surface area contributed by atoms with Gasteiger partial charge in [-0.3, -0.25) is 0 Å². The second-order valence-electron chi connectivity index (χ2n) is 4.45. The zero-order chi connectivity index (χ0) is 10.3.